The highest BCUT2D eigenvalue weighted by Gasteiger charge is 2.24. The van der Waals surface area contributed by atoms with Crippen LogP contribution < -0.4 is 15.5 Å². The van der Waals surface area contributed by atoms with Crippen LogP contribution in [0.1, 0.15) is 31.5 Å². The molecule has 2 heterocycles. The molecular formula is C20H29N5O2. The number of aromatic nitrogens is 2. The standard InChI is InChI=1S/C20H29N5O2/c1-14-12-25(13-15(2)27-14)19-9-5-4-8-18(19)23-20(26)21-10-6-7-17-11-22-24-16(17)3/h4-5,8-9,11,14-15H,6-7,10,12-13H2,1-3H3,(H,22,24)(H2,21,23,26). The number of nitrogens with one attached hydrogen (secondary N) is 3. The van der Waals surface area contributed by atoms with Gasteiger partial charge in [-0.2, -0.15) is 5.10 Å². The second-order valence-corrected chi connectivity index (χ2v) is 7.18. The molecule has 0 aliphatic carbocycles. The highest BCUT2D eigenvalue weighted by atomic mass is 16.5. The van der Waals surface area contributed by atoms with Crippen LogP contribution in [0.2, 0.25) is 0 Å². The molecule has 1 fully saturated rings. The number of hydrogen-bond acceptors (Lipinski definition) is 4. The normalized spacial score (nSPS) is 19.7. The molecule has 3 N–H and O–H groups in total. The van der Waals surface area contributed by atoms with Crippen LogP contribution in [0.25, 0.3) is 0 Å². The van der Waals surface area contributed by atoms with Gasteiger partial charge in [-0.3, -0.25) is 5.10 Å². The van der Waals surface area contributed by atoms with Crippen LogP contribution in [0.5, 0.6) is 0 Å². The zero-order valence-electron chi connectivity index (χ0n) is 16.3. The van der Waals surface area contributed by atoms with E-state index in [0.29, 0.717) is 6.54 Å². The van der Waals surface area contributed by atoms with Crippen LogP contribution in [0.3, 0.4) is 0 Å². The number of benzene rings is 1. The van der Waals surface area contributed by atoms with Crippen LogP contribution in [-0.4, -0.2) is 48.1 Å². The fourth-order valence-electron chi connectivity index (χ4n) is 3.50. The molecule has 1 saturated heterocycles. The highest BCUT2D eigenvalue weighted by Crippen LogP contribution is 2.28. The number of urea groups is 1. The number of carbonyl (C=O) groups excluding carboxylic acids is 1. The first-order valence-corrected chi connectivity index (χ1v) is 9.56. The minimum Gasteiger partial charge on any atom is -0.372 e. The molecule has 2 amide bonds. The Labute approximate surface area is 160 Å². The van der Waals surface area contributed by atoms with Crippen molar-refractivity contribution in [2.24, 2.45) is 0 Å². The van der Waals surface area contributed by atoms with Crippen LogP contribution in [-0.2, 0) is 11.2 Å². The summed E-state index contributed by atoms with van der Waals surface area (Å²) in [6.45, 7) is 8.40. The van der Waals surface area contributed by atoms with Crippen molar-refractivity contribution in [1.82, 2.24) is 15.5 Å². The van der Waals surface area contributed by atoms with E-state index in [0.717, 1.165) is 43.0 Å². The molecule has 1 aromatic heterocycles. The number of aryl methyl sites for hydroxylation is 2. The molecule has 2 aromatic rings. The van der Waals surface area contributed by atoms with Crippen molar-refractivity contribution in [2.45, 2.75) is 45.8 Å². The van der Waals surface area contributed by atoms with E-state index >= 15 is 0 Å². The molecule has 7 nitrogen and oxygen atoms in total. The van der Waals surface area contributed by atoms with Gasteiger partial charge in [-0.05, 0) is 51.3 Å². The summed E-state index contributed by atoms with van der Waals surface area (Å²) in [4.78, 5) is 14.6. The van der Waals surface area contributed by atoms with E-state index < -0.39 is 0 Å². The Morgan fingerprint density at radius 1 is 1.30 bits per heavy atom. The molecule has 1 aromatic carbocycles. The third-order valence-electron chi connectivity index (χ3n) is 4.76. The average Bonchev–Trinajstić information content (AvgIpc) is 3.03. The van der Waals surface area contributed by atoms with E-state index in [4.69, 9.17) is 4.74 Å². The summed E-state index contributed by atoms with van der Waals surface area (Å²) in [6.07, 6.45) is 3.94. The van der Waals surface area contributed by atoms with E-state index in [1.165, 1.54) is 5.56 Å². The lowest BCUT2D eigenvalue weighted by Gasteiger charge is -2.37. The molecule has 7 heteroatoms. The molecule has 0 saturated carbocycles. The minimum absolute atomic E-state index is 0.169. The maximum atomic E-state index is 12.3. The molecule has 1 aliphatic rings. The Bertz CT molecular complexity index is 750. The van der Waals surface area contributed by atoms with Gasteiger partial charge in [-0.25, -0.2) is 4.79 Å². The maximum Gasteiger partial charge on any atom is 0.319 e. The van der Waals surface area contributed by atoms with Crippen molar-refractivity contribution < 1.29 is 9.53 Å². The number of para-hydroxylation sites is 2. The summed E-state index contributed by atoms with van der Waals surface area (Å²) < 4.78 is 5.82. The van der Waals surface area contributed by atoms with Crippen molar-refractivity contribution in [3.63, 3.8) is 0 Å². The number of morpholine rings is 1. The summed E-state index contributed by atoms with van der Waals surface area (Å²) in [7, 11) is 0. The van der Waals surface area contributed by atoms with Crippen molar-refractivity contribution in [1.29, 1.82) is 0 Å². The van der Waals surface area contributed by atoms with E-state index in [1.54, 1.807) is 0 Å². The fourth-order valence-corrected chi connectivity index (χ4v) is 3.50. The molecule has 27 heavy (non-hydrogen) atoms. The van der Waals surface area contributed by atoms with Gasteiger partial charge >= 0.3 is 6.03 Å². The van der Waals surface area contributed by atoms with E-state index in [2.05, 4.69) is 39.6 Å². The second-order valence-electron chi connectivity index (χ2n) is 7.18. The summed E-state index contributed by atoms with van der Waals surface area (Å²) in [5.74, 6) is 0. The molecule has 2 atom stereocenters. The fraction of sp³-hybridized carbons (Fsp3) is 0.500. The zero-order chi connectivity index (χ0) is 19.2. The number of rotatable bonds is 6. The lowest BCUT2D eigenvalue weighted by molar-refractivity contribution is -0.00517. The lowest BCUT2D eigenvalue weighted by Crippen LogP contribution is -2.45. The highest BCUT2D eigenvalue weighted by molar-refractivity contribution is 5.93. The van der Waals surface area contributed by atoms with Crippen molar-refractivity contribution >= 4 is 17.4 Å². The topological polar surface area (TPSA) is 82.3 Å². The number of aromatic amines is 1. The van der Waals surface area contributed by atoms with Crippen molar-refractivity contribution in [3.05, 3.63) is 41.7 Å². The van der Waals surface area contributed by atoms with Crippen LogP contribution in [0.4, 0.5) is 16.2 Å². The van der Waals surface area contributed by atoms with Gasteiger partial charge in [-0.1, -0.05) is 12.1 Å². The Hall–Kier alpha value is -2.54. The van der Waals surface area contributed by atoms with Crippen molar-refractivity contribution in [3.8, 4) is 0 Å². The minimum atomic E-state index is -0.180. The predicted molar refractivity (Wildman–Crippen MR) is 107 cm³/mol. The number of hydrogen-bond donors (Lipinski definition) is 3. The zero-order valence-corrected chi connectivity index (χ0v) is 16.3. The second kappa shape index (κ2) is 8.90. The Morgan fingerprint density at radius 3 is 2.74 bits per heavy atom. The van der Waals surface area contributed by atoms with Crippen LogP contribution >= 0.6 is 0 Å². The first-order chi connectivity index (χ1) is 13.0. The SMILES string of the molecule is Cc1[nH]ncc1CCCNC(=O)Nc1ccccc1N1CC(C)OC(C)C1. The molecule has 1 aliphatic heterocycles. The van der Waals surface area contributed by atoms with Gasteiger partial charge < -0.3 is 20.3 Å². The van der Waals surface area contributed by atoms with Crippen molar-refractivity contribution in [2.75, 3.05) is 29.9 Å². The smallest absolute Gasteiger partial charge is 0.319 e. The first kappa shape index (κ1) is 19.2. The summed E-state index contributed by atoms with van der Waals surface area (Å²) >= 11 is 0. The molecule has 0 bridgehead atoms. The third kappa shape index (κ3) is 5.23. The van der Waals surface area contributed by atoms with Gasteiger partial charge in [-0.15, -0.1) is 0 Å². The van der Waals surface area contributed by atoms with Gasteiger partial charge in [0.1, 0.15) is 0 Å². The van der Waals surface area contributed by atoms with E-state index in [-0.39, 0.29) is 18.2 Å². The Morgan fingerprint density at radius 2 is 2.04 bits per heavy atom. The molecular weight excluding hydrogens is 342 g/mol. The number of H-pyrrole nitrogens is 1. The number of nitrogens with zero attached hydrogens (tertiary/aromatic N) is 2. The van der Waals surface area contributed by atoms with Gasteiger partial charge in [0, 0.05) is 25.3 Å². The first-order valence-electron chi connectivity index (χ1n) is 9.56. The van der Waals surface area contributed by atoms with Crippen LogP contribution in [0, 0.1) is 6.92 Å². The molecule has 2 unspecified atom stereocenters. The number of anilines is 2. The maximum absolute atomic E-state index is 12.3. The quantitative estimate of drug-likeness (QED) is 0.682. The van der Waals surface area contributed by atoms with Crippen LogP contribution in [0.15, 0.2) is 30.5 Å². The molecule has 3 rings (SSSR count). The summed E-state index contributed by atoms with van der Waals surface area (Å²) in [5, 5.41) is 12.9. The summed E-state index contributed by atoms with van der Waals surface area (Å²) in [6, 6.07) is 7.74. The third-order valence-corrected chi connectivity index (χ3v) is 4.76. The largest absolute Gasteiger partial charge is 0.372 e. The van der Waals surface area contributed by atoms with Gasteiger partial charge in [0.25, 0.3) is 0 Å². The average molecular weight is 371 g/mol. The van der Waals surface area contributed by atoms with Gasteiger partial charge in [0.2, 0.25) is 0 Å². The number of carbonyl (C=O) groups is 1. The molecule has 146 valence electrons. The Kier molecular flexibility index (Phi) is 6.34. The van der Waals surface area contributed by atoms with Gasteiger partial charge in [0.15, 0.2) is 0 Å². The molecule has 0 radical (unpaired) electrons. The number of amides is 2. The number of ether oxygens (including phenoxy) is 1. The summed E-state index contributed by atoms with van der Waals surface area (Å²) in [5.41, 5.74) is 4.13. The van der Waals surface area contributed by atoms with E-state index in [9.17, 15) is 4.79 Å². The van der Waals surface area contributed by atoms with Gasteiger partial charge in [0.05, 0.1) is 29.8 Å². The molecule has 0 spiro atoms. The predicted octanol–water partition coefficient (Wildman–Crippen LogP) is 3.09. The monoisotopic (exact) mass is 371 g/mol. The lowest BCUT2D eigenvalue weighted by atomic mass is 10.1. The van der Waals surface area contributed by atoms with E-state index in [1.807, 2.05) is 37.4 Å². The Balaban J connectivity index is 1.52.